The van der Waals surface area contributed by atoms with Crippen molar-refractivity contribution in [2.75, 3.05) is 36.4 Å². The third-order valence-corrected chi connectivity index (χ3v) is 5.47. The van der Waals surface area contributed by atoms with E-state index in [1.165, 1.54) is 12.1 Å². The number of nitrogens with two attached hydrogens (primary N) is 1. The number of halogens is 1. The Bertz CT molecular complexity index is 875. The first-order valence-electron chi connectivity index (χ1n) is 10.4. The van der Waals surface area contributed by atoms with E-state index in [1.807, 2.05) is 38.1 Å². The average molecular weight is 412 g/mol. The molecule has 0 spiro atoms. The second kappa shape index (κ2) is 10.1. The lowest BCUT2D eigenvalue weighted by atomic mass is 10.1. The number of aliphatic imine (C=N–C) groups is 1. The zero-order valence-electron chi connectivity index (χ0n) is 17.6. The number of amides is 1. The van der Waals surface area contributed by atoms with Crippen LogP contribution in [-0.2, 0) is 11.3 Å². The summed E-state index contributed by atoms with van der Waals surface area (Å²) in [5.41, 5.74) is 9.00. The second-order valence-electron chi connectivity index (χ2n) is 7.62. The molecule has 0 saturated carbocycles. The second-order valence-corrected chi connectivity index (χ2v) is 7.62. The van der Waals surface area contributed by atoms with Gasteiger partial charge in [0.2, 0.25) is 5.91 Å². The van der Waals surface area contributed by atoms with Gasteiger partial charge in [-0.1, -0.05) is 26.0 Å². The SMILES string of the molecule is CCC(C)C(=O)Nc1cccc(CN=C(N)N2CCN(c3ccc(F)cc3)CC2)c1. The van der Waals surface area contributed by atoms with Gasteiger partial charge in [0.1, 0.15) is 5.82 Å². The molecular formula is C23H30FN5O. The van der Waals surface area contributed by atoms with Crippen LogP contribution in [0.2, 0.25) is 0 Å². The molecule has 1 amide bonds. The topological polar surface area (TPSA) is 74.0 Å². The lowest BCUT2D eigenvalue weighted by Crippen LogP contribution is -2.51. The summed E-state index contributed by atoms with van der Waals surface area (Å²) in [6, 6.07) is 14.3. The van der Waals surface area contributed by atoms with E-state index >= 15 is 0 Å². The molecule has 7 heteroatoms. The van der Waals surface area contributed by atoms with Crippen molar-refractivity contribution in [3.8, 4) is 0 Å². The number of anilines is 2. The number of carbonyl (C=O) groups excluding carboxylic acids is 1. The summed E-state index contributed by atoms with van der Waals surface area (Å²) in [5.74, 6) is 0.299. The molecule has 1 saturated heterocycles. The van der Waals surface area contributed by atoms with Crippen LogP contribution in [0, 0.1) is 11.7 Å². The number of guanidine groups is 1. The Hall–Kier alpha value is -3.09. The molecule has 6 nitrogen and oxygen atoms in total. The largest absolute Gasteiger partial charge is 0.370 e. The highest BCUT2D eigenvalue weighted by atomic mass is 19.1. The van der Waals surface area contributed by atoms with Crippen molar-refractivity contribution in [3.63, 3.8) is 0 Å². The predicted octanol–water partition coefficient (Wildman–Crippen LogP) is 3.45. The van der Waals surface area contributed by atoms with E-state index in [1.54, 1.807) is 12.1 Å². The van der Waals surface area contributed by atoms with Crippen molar-refractivity contribution in [1.82, 2.24) is 4.90 Å². The molecule has 0 aliphatic carbocycles. The summed E-state index contributed by atoms with van der Waals surface area (Å²) in [6.07, 6.45) is 0.806. The van der Waals surface area contributed by atoms with E-state index in [-0.39, 0.29) is 17.6 Å². The molecule has 3 N–H and O–H groups in total. The third-order valence-electron chi connectivity index (χ3n) is 5.47. The fourth-order valence-corrected chi connectivity index (χ4v) is 3.32. The molecule has 1 aliphatic rings. The van der Waals surface area contributed by atoms with Crippen LogP contribution in [0.3, 0.4) is 0 Å². The van der Waals surface area contributed by atoms with E-state index in [9.17, 15) is 9.18 Å². The molecule has 1 fully saturated rings. The molecule has 1 unspecified atom stereocenters. The number of nitrogens with zero attached hydrogens (tertiary/aromatic N) is 3. The van der Waals surface area contributed by atoms with Crippen molar-refractivity contribution in [1.29, 1.82) is 0 Å². The van der Waals surface area contributed by atoms with Crippen LogP contribution in [0.5, 0.6) is 0 Å². The van der Waals surface area contributed by atoms with Crippen LogP contribution in [0.4, 0.5) is 15.8 Å². The monoisotopic (exact) mass is 411 g/mol. The minimum atomic E-state index is -0.225. The van der Waals surface area contributed by atoms with E-state index in [0.717, 1.165) is 49.5 Å². The quantitative estimate of drug-likeness (QED) is 0.564. The van der Waals surface area contributed by atoms with E-state index in [0.29, 0.717) is 12.5 Å². The van der Waals surface area contributed by atoms with Crippen LogP contribution in [0.25, 0.3) is 0 Å². The van der Waals surface area contributed by atoms with Gasteiger partial charge in [-0.15, -0.1) is 0 Å². The number of hydrogen-bond acceptors (Lipinski definition) is 3. The molecule has 160 valence electrons. The number of nitrogens with one attached hydrogen (secondary N) is 1. The Balaban J connectivity index is 1.53. The van der Waals surface area contributed by atoms with Crippen molar-refractivity contribution in [2.24, 2.45) is 16.6 Å². The molecule has 1 atom stereocenters. The Labute approximate surface area is 177 Å². The van der Waals surface area contributed by atoms with Gasteiger partial charge in [0.25, 0.3) is 0 Å². The Morgan fingerprint density at radius 3 is 2.53 bits per heavy atom. The Morgan fingerprint density at radius 1 is 1.17 bits per heavy atom. The van der Waals surface area contributed by atoms with Crippen LogP contribution < -0.4 is 16.0 Å². The minimum absolute atomic E-state index is 0.0177. The highest BCUT2D eigenvalue weighted by Gasteiger charge is 2.18. The average Bonchev–Trinajstić information content (AvgIpc) is 2.77. The van der Waals surface area contributed by atoms with E-state index < -0.39 is 0 Å². The fraction of sp³-hybridized carbons (Fsp3) is 0.391. The molecular weight excluding hydrogens is 381 g/mol. The normalized spacial score (nSPS) is 15.8. The van der Waals surface area contributed by atoms with Crippen molar-refractivity contribution in [2.45, 2.75) is 26.8 Å². The predicted molar refractivity (Wildman–Crippen MR) is 120 cm³/mol. The van der Waals surface area contributed by atoms with Gasteiger partial charge >= 0.3 is 0 Å². The van der Waals surface area contributed by atoms with E-state index in [4.69, 9.17) is 5.73 Å². The molecule has 1 heterocycles. The first-order chi connectivity index (χ1) is 14.5. The lowest BCUT2D eigenvalue weighted by molar-refractivity contribution is -0.119. The summed E-state index contributed by atoms with van der Waals surface area (Å²) in [5, 5.41) is 2.95. The number of hydrogen-bond donors (Lipinski definition) is 2. The number of benzene rings is 2. The molecule has 30 heavy (non-hydrogen) atoms. The van der Waals surface area contributed by atoms with Gasteiger partial charge in [-0.2, -0.15) is 0 Å². The Morgan fingerprint density at radius 2 is 1.87 bits per heavy atom. The minimum Gasteiger partial charge on any atom is -0.370 e. The maximum Gasteiger partial charge on any atom is 0.227 e. The highest BCUT2D eigenvalue weighted by Crippen LogP contribution is 2.17. The van der Waals surface area contributed by atoms with Crippen LogP contribution in [0.15, 0.2) is 53.5 Å². The first kappa shape index (κ1) is 21.6. The summed E-state index contributed by atoms with van der Waals surface area (Å²) in [4.78, 5) is 20.9. The summed E-state index contributed by atoms with van der Waals surface area (Å²) < 4.78 is 13.1. The van der Waals surface area contributed by atoms with Gasteiger partial charge in [-0.25, -0.2) is 9.38 Å². The molecule has 0 aromatic heterocycles. The van der Waals surface area contributed by atoms with Crippen LogP contribution in [-0.4, -0.2) is 42.9 Å². The van der Waals surface area contributed by atoms with Crippen molar-refractivity contribution >= 4 is 23.2 Å². The number of rotatable bonds is 6. The van der Waals surface area contributed by atoms with Gasteiger partial charge in [0, 0.05) is 43.5 Å². The zero-order valence-corrected chi connectivity index (χ0v) is 17.6. The first-order valence-corrected chi connectivity index (χ1v) is 10.4. The van der Waals surface area contributed by atoms with Crippen molar-refractivity contribution < 1.29 is 9.18 Å². The fourth-order valence-electron chi connectivity index (χ4n) is 3.32. The number of piperazine rings is 1. The van der Waals surface area contributed by atoms with Crippen LogP contribution >= 0.6 is 0 Å². The lowest BCUT2D eigenvalue weighted by Gasteiger charge is -2.36. The van der Waals surface area contributed by atoms with Gasteiger partial charge in [0.15, 0.2) is 5.96 Å². The third kappa shape index (κ3) is 5.72. The van der Waals surface area contributed by atoms with Crippen LogP contribution in [0.1, 0.15) is 25.8 Å². The van der Waals surface area contributed by atoms with Gasteiger partial charge in [-0.05, 0) is 48.4 Å². The highest BCUT2D eigenvalue weighted by molar-refractivity contribution is 5.92. The standard InChI is InChI=1S/C23H30FN5O/c1-3-17(2)22(30)27-20-6-4-5-18(15-20)16-26-23(25)29-13-11-28(12-14-29)21-9-7-19(24)8-10-21/h4-10,15,17H,3,11-14,16H2,1-2H3,(H2,25,26)(H,27,30). The molecule has 3 rings (SSSR count). The molecule has 2 aromatic rings. The summed E-state index contributed by atoms with van der Waals surface area (Å²) in [6.45, 7) is 7.50. The zero-order chi connectivity index (χ0) is 21.5. The van der Waals surface area contributed by atoms with E-state index in [2.05, 4.69) is 20.1 Å². The number of carbonyl (C=O) groups is 1. The summed E-state index contributed by atoms with van der Waals surface area (Å²) >= 11 is 0. The van der Waals surface area contributed by atoms with Crippen molar-refractivity contribution in [3.05, 3.63) is 59.9 Å². The molecule has 1 aliphatic heterocycles. The van der Waals surface area contributed by atoms with Gasteiger partial charge < -0.3 is 20.9 Å². The van der Waals surface area contributed by atoms with Gasteiger partial charge in [-0.3, -0.25) is 4.79 Å². The maximum atomic E-state index is 13.1. The summed E-state index contributed by atoms with van der Waals surface area (Å²) in [7, 11) is 0. The van der Waals surface area contributed by atoms with Gasteiger partial charge in [0.05, 0.1) is 6.54 Å². The maximum absolute atomic E-state index is 13.1. The smallest absolute Gasteiger partial charge is 0.227 e. The Kier molecular flexibility index (Phi) is 7.27. The molecule has 0 bridgehead atoms. The molecule has 2 aromatic carbocycles. The molecule has 0 radical (unpaired) electrons.